The molecule has 1 rings (SSSR count). The number of hydrogen-bond donors (Lipinski definition) is 0. The Morgan fingerprint density at radius 2 is 1.71 bits per heavy atom. The molecule has 0 aromatic carbocycles. The van der Waals surface area contributed by atoms with Crippen LogP contribution in [0.3, 0.4) is 0 Å². The molecule has 0 saturated heterocycles. The molecule has 0 radical (unpaired) electrons. The van der Waals surface area contributed by atoms with Gasteiger partial charge in [-0.3, -0.25) is 0 Å². The van der Waals surface area contributed by atoms with Gasteiger partial charge in [0.15, 0.2) is 0 Å². The highest BCUT2D eigenvalue weighted by molar-refractivity contribution is 5.28. The van der Waals surface area contributed by atoms with E-state index in [1.165, 1.54) is 18.4 Å². The van der Waals surface area contributed by atoms with Gasteiger partial charge in [-0.1, -0.05) is 59.8 Å². The fraction of sp³-hybridized carbons (Fsp3) is 0.714. The molecule has 0 heteroatoms. The van der Waals surface area contributed by atoms with Gasteiger partial charge in [0.2, 0.25) is 0 Å². The largest absolute Gasteiger partial charge is 0.0839 e. The first-order valence-electron chi connectivity index (χ1n) is 5.92. The third-order valence-electron chi connectivity index (χ3n) is 3.18. The van der Waals surface area contributed by atoms with Crippen molar-refractivity contribution in [1.82, 2.24) is 0 Å². The van der Waals surface area contributed by atoms with Crippen molar-refractivity contribution < 1.29 is 0 Å². The maximum Gasteiger partial charge on any atom is -0.00838 e. The van der Waals surface area contributed by atoms with Crippen molar-refractivity contribution in [2.45, 2.75) is 54.4 Å². The van der Waals surface area contributed by atoms with Crippen LogP contribution in [0.25, 0.3) is 0 Å². The van der Waals surface area contributed by atoms with Crippen LogP contribution in [-0.2, 0) is 0 Å². The zero-order valence-electron chi connectivity index (χ0n) is 10.7. The maximum absolute atomic E-state index is 2.39. The topological polar surface area (TPSA) is 0 Å². The molecular formula is C14H26. The first kappa shape index (κ1) is 13.5. The lowest BCUT2D eigenvalue weighted by Crippen LogP contribution is -2.21. The zero-order valence-corrected chi connectivity index (χ0v) is 10.7. The van der Waals surface area contributed by atoms with E-state index in [1.807, 2.05) is 13.8 Å². The molecule has 0 spiro atoms. The fourth-order valence-electron chi connectivity index (χ4n) is 1.42. The smallest absolute Gasteiger partial charge is 0.00838 e. The van der Waals surface area contributed by atoms with Gasteiger partial charge in [0.05, 0.1) is 0 Å². The van der Waals surface area contributed by atoms with Crippen LogP contribution >= 0.6 is 0 Å². The molecule has 0 atom stereocenters. The number of allylic oxidation sites excluding steroid dienone is 4. The molecule has 0 amide bonds. The average molecular weight is 194 g/mol. The van der Waals surface area contributed by atoms with Crippen LogP contribution in [0.15, 0.2) is 23.8 Å². The summed E-state index contributed by atoms with van der Waals surface area (Å²) in [5.74, 6) is 0.714. The first-order valence-corrected chi connectivity index (χ1v) is 5.92. The molecule has 0 saturated carbocycles. The Labute approximate surface area is 90.1 Å². The van der Waals surface area contributed by atoms with Crippen molar-refractivity contribution in [2.75, 3.05) is 0 Å². The second-order valence-corrected chi connectivity index (χ2v) is 4.52. The molecule has 0 unspecified atom stereocenters. The van der Waals surface area contributed by atoms with Crippen LogP contribution in [0.2, 0.25) is 0 Å². The van der Waals surface area contributed by atoms with Gasteiger partial charge in [-0.05, 0) is 29.7 Å². The Morgan fingerprint density at radius 3 is 2.07 bits per heavy atom. The molecule has 1 aliphatic carbocycles. The minimum atomic E-state index is 0.344. The third kappa shape index (κ3) is 3.32. The van der Waals surface area contributed by atoms with Crippen molar-refractivity contribution >= 4 is 0 Å². The minimum Gasteiger partial charge on any atom is -0.0839 e. The lowest BCUT2D eigenvalue weighted by atomic mass is 9.73. The number of rotatable bonds is 2. The molecule has 0 aromatic rings. The van der Waals surface area contributed by atoms with Gasteiger partial charge in [-0.15, -0.1) is 0 Å². The molecule has 0 heterocycles. The quantitative estimate of drug-likeness (QED) is 0.582. The highest BCUT2D eigenvalue weighted by atomic mass is 14.3. The molecular weight excluding hydrogens is 168 g/mol. The Morgan fingerprint density at radius 1 is 1.14 bits per heavy atom. The maximum atomic E-state index is 2.39. The van der Waals surface area contributed by atoms with Gasteiger partial charge in [0.25, 0.3) is 0 Å². The highest BCUT2D eigenvalue weighted by Crippen LogP contribution is 2.36. The predicted octanol–water partition coefficient (Wildman–Crippen LogP) is 4.97. The molecule has 0 aliphatic heterocycles. The molecule has 0 fully saturated rings. The van der Waals surface area contributed by atoms with Crippen molar-refractivity contribution in [3.63, 3.8) is 0 Å². The van der Waals surface area contributed by atoms with E-state index in [2.05, 4.69) is 45.9 Å². The summed E-state index contributed by atoms with van der Waals surface area (Å²) in [6.07, 6.45) is 9.42. The molecule has 0 bridgehead atoms. The van der Waals surface area contributed by atoms with Gasteiger partial charge < -0.3 is 0 Å². The summed E-state index contributed by atoms with van der Waals surface area (Å²) in [4.78, 5) is 0. The molecule has 0 N–H and O–H groups in total. The Balaban J connectivity index is 0.000000791. The highest BCUT2D eigenvalue weighted by Gasteiger charge is 2.25. The molecule has 0 nitrogen and oxygen atoms in total. The lowest BCUT2D eigenvalue weighted by Gasteiger charge is -2.32. The van der Waals surface area contributed by atoms with E-state index in [9.17, 15) is 0 Å². The summed E-state index contributed by atoms with van der Waals surface area (Å²) in [7, 11) is 0. The second-order valence-electron chi connectivity index (χ2n) is 4.52. The third-order valence-corrected chi connectivity index (χ3v) is 3.18. The van der Waals surface area contributed by atoms with Gasteiger partial charge in [0, 0.05) is 0 Å². The zero-order chi connectivity index (χ0) is 11.2. The van der Waals surface area contributed by atoms with E-state index in [0.29, 0.717) is 11.3 Å². The predicted molar refractivity (Wildman–Crippen MR) is 66.4 cm³/mol. The summed E-state index contributed by atoms with van der Waals surface area (Å²) in [6, 6.07) is 0. The van der Waals surface area contributed by atoms with Crippen molar-refractivity contribution in [3.05, 3.63) is 23.8 Å². The number of hydrogen-bond acceptors (Lipinski definition) is 0. The summed E-state index contributed by atoms with van der Waals surface area (Å²) >= 11 is 0. The molecule has 82 valence electrons. The van der Waals surface area contributed by atoms with E-state index >= 15 is 0 Å². The van der Waals surface area contributed by atoms with Crippen molar-refractivity contribution in [3.8, 4) is 0 Å². The summed E-state index contributed by atoms with van der Waals surface area (Å²) in [5, 5.41) is 0. The monoisotopic (exact) mass is 194 g/mol. The van der Waals surface area contributed by atoms with Crippen molar-refractivity contribution in [1.29, 1.82) is 0 Å². The summed E-state index contributed by atoms with van der Waals surface area (Å²) in [6.45, 7) is 13.3. The minimum absolute atomic E-state index is 0.344. The lowest BCUT2D eigenvalue weighted by molar-refractivity contribution is 0.315. The van der Waals surface area contributed by atoms with Crippen LogP contribution < -0.4 is 0 Å². The standard InChI is InChI=1S/C12H20.C2H6/c1-10(2)12(3,4)11-8-6-5-7-9-11;1-2/h6,8-10H,5,7H2,1-4H3;1-2H3. The van der Waals surface area contributed by atoms with E-state index in [4.69, 9.17) is 0 Å². The summed E-state index contributed by atoms with van der Waals surface area (Å²) in [5.41, 5.74) is 1.86. The Bertz CT molecular complexity index is 204. The van der Waals surface area contributed by atoms with E-state index < -0.39 is 0 Å². The van der Waals surface area contributed by atoms with E-state index in [1.54, 1.807) is 0 Å². The van der Waals surface area contributed by atoms with Gasteiger partial charge in [-0.25, -0.2) is 0 Å². The van der Waals surface area contributed by atoms with E-state index in [0.717, 1.165) is 0 Å². The Kier molecular flexibility index (Phi) is 5.83. The molecule has 1 aliphatic rings. The first-order chi connectivity index (χ1) is 6.55. The summed E-state index contributed by atoms with van der Waals surface area (Å²) < 4.78 is 0. The fourth-order valence-corrected chi connectivity index (χ4v) is 1.42. The van der Waals surface area contributed by atoms with E-state index in [-0.39, 0.29) is 0 Å². The van der Waals surface area contributed by atoms with Gasteiger partial charge in [0.1, 0.15) is 0 Å². The second kappa shape index (κ2) is 6.06. The van der Waals surface area contributed by atoms with Gasteiger partial charge in [-0.2, -0.15) is 0 Å². The van der Waals surface area contributed by atoms with Crippen LogP contribution in [0.5, 0.6) is 0 Å². The van der Waals surface area contributed by atoms with Crippen molar-refractivity contribution in [2.24, 2.45) is 11.3 Å². The van der Waals surface area contributed by atoms with Gasteiger partial charge >= 0.3 is 0 Å². The van der Waals surface area contributed by atoms with Crippen LogP contribution in [0, 0.1) is 11.3 Å². The Hall–Kier alpha value is -0.520. The van der Waals surface area contributed by atoms with Crippen LogP contribution in [-0.4, -0.2) is 0 Å². The normalized spacial score (nSPS) is 16.1. The molecule has 14 heavy (non-hydrogen) atoms. The van der Waals surface area contributed by atoms with Crippen LogP contribution in [0.1, 0.15) is 54.4 Å². The SMILES string of the molecule is CC.CC(C)C(C)(C)C1=CCCC=C1. The molecule has 0 aromatic heterocycles. The van der Waals surface area contributed by atoms with Crippen LogP contribution in [0.4, 0.5) is 0 Å². The average Bonchev–Trinajstić information content (AvgIpc) is 2.22.